The predicted octanol–water partition coefficient (Wildman–Crippen LogP) is 6.00. The molecule has 0 radical (unpaired) electrons. The Morgan fingerprint density at radius 1 is 0.793 bits per heavy atom. The Labute approximate surface area is 176 Å². The number of hydrogen-bond acceptors (Lipinski definition) is 1. The van der Waals surface area contributed by atoms with Crippen molar-refractivity contribution >= 4 is 32.8 Å². The van der Waals surface area contributed by atoms with Crippen molar-refractivity contribution in [1.82, 2.24) is 4.98 Å². The van der Waals surface area contributed by atoms with Crippen LogP contribution in [0, 0.1) is 0 Å². The summed E-state index contributed by atoms with van der Waals surface area (Å²) in [6.45, 7) is 6.91. The normalized spacial score (nSPS) is 14.7. The van der Waals surface area contributed by atoms with Crippen LogP contribution in [0.4, 0.5) is 0 Å². The third kappa shape index (κ3) is 2.78. The van der Waals surface area contributed by atoms with Crippen LogP contribution in [-0.4, -0.2) is 18.3 Å². The number of fused-ring (bicyclic) bond motifs is 4. The van der Waals surface area contributed by atoms with Crippen LogP contribution in [0.5, 0.6) is 0 Å². The molecule has 1 nitrogen and oxygen atoms in total. The maximum absolute atomic E-state index is 4.98. The van der Waals surface area contributed by atoms with E-state index in [9.17, 15) is 0 Å². The molecule has 3 aromatic carbocycles. The molecule has 0 spiro atoms. The van der Waals surface area contributed by atoms with Gasteiger partial charge in [0.1, 0.15) is 0 Å². The summed E-state index contributed by atoms with van der Waals surface area (Å²) in [7, 11) is 0. The van der Waals surface area contributed by atoms with Gasteiger partial charge in [0.05, 0.1) is 0 Å². The first-order valence-corrected chi connectivity index (χ1v) is 16.7. The first kappa shape index (κ1) is 18.6. The molecule has 0 bridgehead atoms. The van der Waals surface area contributed by atoms with Gasteiger partial charge < -0.3 is 0 Å². The Kier molecular flexibility index (Phi) is 4.05. The molecular weight excluding hydrogens is 411 g/mol. The predicted molar refractivity (Wildman–Crippen MR) is 128 cm³/mol. The average Bonchev–Trinajstić information content (AvgIpc) is 2.94. The molecule has 5 rings (SSSR count). The van der Waals surface area contributed by atoms with Crippen molar-refractivity contribution in [2.45, 2.75) is 37.7 Å². The van der Waals surface area contributed by atoms with E-state index in [1.54, 1.807) is 4.40 Å². The molecule has 29 heavy (non-hydrogen) atoms. The van der Waals surface area contributed by atoms with Gasteiger partial charge in [0.25, 0.3) is 0 Å². The summed E-state index contributed by atoms with van der Waals surface area (Å²) >= 11 is -2.41. The van der Waals surface area contributed by atoms with Crippen molar-refractivity contribution in [3.05, 3.63) is 78.5 Å². The van der Waals surface area contributed by atoms with E-state index in [1.807, 2.05) is 6.20 Å². The van der Waals surface area contributed by atoms with Gasteiger partial charge in [0.2, 0.25) is 0 Å². The number of pyridine rings is 1. The summed E-state index contributed by atoms with van der Waals surface area (Å²) < 4.78 is 3.11. The molecule has 2 heterocycles. The van der Waals surface area contributed by atoms with Crippen LogP contribution in [0.3, 0.4) is 0 Å². The topological polar surface area (TPSA) is 12.9 Å². The Morgan fingerprint density at radius 3 is 2.31 bits per heavy atom. The first-order valence-electron chi connectivity index (χ1n) is 10.4. The Balaban J connectivity index is 1.83. The van der Waals surface area contributed by atoms with Crippen LogP contribution in [0.15, 0.2) is 72.9 Å². The van der Waals surface area contributed by atoms with Gasteiger partial charge in [0.15, 0.2) is 0 Å². The molecule has 0 N–H and O–H groups in total. The van der Waals surface area contributed by atoms with E-state index in [0.717, 1.165) is 0 Å². The van der Waals surface area contributed by atoms with E-state index in [-0.39, 0.29) is 5.41 Å². The van der Waals surface area contributed by atoms with Crippen molar-refractivity contribution in [2.75, 3.05) is 0 Å². The van der Waals surface area contributed by atoms with Gasteiger partial charge in [-0.05, 0) is 0 Å². The number of hydrogen-bond donors (Lipinski definition) is 0. The van der Waals surface area contributed by atoms with Crippen molar-refractivity contribution in [3.8, 4) is 22.4 Å². The van der Waals surface area contributed by atoms with E-state index < -0.39 is 13.3 Å². The summed E-state index contributed by atoms with van der Waals surface area (Å²) in [5, 5.41) is 2.65. The molecule has 1 aliphatic heterocycles. The second-order valence-electron chi connectivity index (χ2n) is 9.75. The van der Waals surface area contributed by atoms with E-state index in [4.69, 9.17) is 4.98 Å². The van der Waals surface area contributed by atoms with E-state index >= 15 is 0 Å². The van der Waals surface area contributed by atoms with Gasteiger partial charge in [-0.2, -0.15) is 0 Å². The van der Waals surface area contributed by atoms with E-state index in [1.165, 1.54) is 43.1 Å². The zero-order valence-electron chi connectivity index (χ0n) is 17.9. The standard InChI is InChI=1S/C27H27GeN/c1-27(2,3)23-17-19(16-18-10-6-7-11-20(18)23)26-25-22(14-15-29-26)21-12-8-9-13-24(21)28(25,4)5/h6-17H,1-5H3. The van der Waals surface area contributed by atoms with E-state index in [2.05, 4.69) is 99.0 Å². The van der Waals surface area contributed by atoms with Crippen molar-refractivity contribution in [2.24, 2.45) is 0 Å². The SMILES string of the molecule is CC(C)(C)c1cc(-c2nccc3[c]2[Ge]([CH3])([CH3])[c]2ccccc2-3)cc2ccccc12. The summed E-state index contributed by atoms with van der Waals surface area (Å²) in [4.78, 5) is 4.98. The molecule has 0 aliphatic carbocycles. The molecule has 0 saturated carbocycles. The molecule has 4 aromatic rings. The summed E-state index contributed by atoms with van der Waals surface area (Å²) in [5.74, 6) is 5.03. The Bertz CT molecular complexity index is 1260. The molecule has 144 valence electrons. The molecule has 1 aliphatic rings. The Hall–Kier alpha value is -2.39. The van der Waals surface area contributed by atoms with Crippen LogP contribution in [0.2, 0.25) is 11.5 Å². The molecule has 0 fully saturated rings. The molecular formula is C27H27GeN. The molecule has 0 atom stereocenters. The van der Waals surface area contributed by atoms with Crippen LogP contribution in [0.25, 0.3) is 33.2 Å². The molecule has 0 saturated heterocycles. The van der Waals surface area contributed by atoms with Gasteiger partial charge in [-0.25, -0.2) is 0 Å². The fourth-order valence-electron chi connectivity index (χ4n) is 5.00. The van der Waals surface area contributed by atoms with Crippen molar-refractivity contribution < 1.29 is 0 Å². The fraction of sp³-hybridized carbons (Fsp3) is 0.222. The number of aromatic nitrogens is 1. The molecule has 0 amide bonds. The van der Waals surface area contributed by atoms with Crippen LogP contribution in [-0.2, 0) is 5.41 Å². The molecule has 0 unspecified atom stereocenters. The summed E-state index contributed by atoms with van der Waals surface area (Å²) in [5.41, 5.74) is 6.75. The minimum absolute atomic E-state index is 0.0769. The Morgan fingerprint density at radius 2 is 1.52 bits per heavy atom. The quantitative estimate of drug-likeness (QED) is 0.332. The number of nitrogens with zero attached hydrogens (tertiary/aromatic N) is 1. The monoisotopic (exact) mass is 439 g/mol. The van der Waals surface area contributed by atoms with Crippen LogP contribution >= 0.6 is 0 Å². The number of rotatable bonds is 1. The third-order valence-electron chi connectivity index (χ3n) is 6.41. The fourth-order valence-corrected chi connectivity index (χ4v) is 12.1. The van der Waals surface area contributed by atoms with E-state index in [0.29, 0.717) is 0 Å². The second-order valence-corrected chi connectivity index (χ2v) is 18.7. The molecule has 1 aromatic heterocycles. The summed E-state index contributed by atoms with van der Waals surface area (Å²) in [6.07, 6.45) is 2.00. The van der Waals surface area contributed by atoms with Gasteiger partial charge >= 0.3 is 176 Å². The van der Waals surface area contributed by atoms with Gasteiger partial charge in [-0.3, -0.25) is 0 Å². The van der Waals surface area contributed by atoms with Crippen LogP contribution < -0.4 is 8.79 Å². The third-order valence-corrected chi connectivity index (χ3v) is 13.8. The van der Waals surface area contributed by atoms with Crippen molar-refractivity contribution in [1.29, 1.82) is 0 Å². The zero-order chi connectivity index (χ0) is 20.4. The summed E-state index contributed by atoms with van der Waals surface area (Å²) in [6, 6.07) is 24.7. The van der Waals surface area contributed by atoms with Gasteiger partial charge in [-0.15, -0.1) is 0 Å². The first-order chi connectivity index (χ1) is 13.8. The minimum atomic E-state index is -2.41. The van der Waals surface area contributed by atoms with Crippen molar-refractivity contribution in [3.63, 3.8) is 0 Å². The molecule has 2 heteroatoms. The van der Waals surface area contributed by atoms with Gasteiger partial charge in [0, 0.05) is 0 Å². The second kappa shape index (κ2) is 6.30. The van der Waals surface area contributed by atoms with Crippen LogP contribution in [0.1, 0.15) is 26.3 Å². The van der Waals surface area contributed by atoms with Gasteiger partial charge in [-0.1, -0.05) is 0 Å². The number of benzene rings is 3. The zero-order valence-corrected chi connectivity index (χ0v) is 20.0. The maximum atomic E-state index is 4.98. The average molecular weight is 438 g/mol.